The summed E-state index contributed by atoms with van der Waals surface area (Å²) < 4.78 is 41.1. The van der Waals surface area contributed by atoms with Gasteiger partial charge in [-0.1, -0.05) is 46.3 Å². The average molecular weight is 317 g/mol. The second-order valence-corrected chi connectivity index (χ2v) is 4.41. The third-order valence-electron chi connectivity index (χ3n) is 2.25. The summed E-state index contributed by atoms with van der Waals surface area (Å²) in [5.74, 6) is -0.226. The fraction of sp³-hybridized carbons (Fsp3) is 0.0769. The van der Waals surface area contributed by atoms with E-state index in [4.69, 9.17) is 0 Å². The minimum absolute atomic E-state index is 0.226. The monoisotopic (exact) mass is 316 g/mol. The van der Waals surface area contributed by atoms with E-state index in [0.717, 1.165) is 10.0 Å². The molecule has 0 amide bonds. The zero-order valence-corrected chi connectivity index (χ0v) is 10.6. The lowest BCUT2D eigenvalue weighted by Gasteiger charge is -2.10. The molecule has 0 fully saturated rings. The topological polar surface area (TPSA) is 9.23 Å². The predicted molar refractivity (Wildman–Crippen MR) is 66.3 cm³/mol. The Morgan fingerprint density at radius 3 is 2.33 bits per heavy atom. The summed E-state index contributed by atoms with van der Waals surface area (Å²) in [7, 11) is 0. The fourth-order valence-electron chi connectivity index (χ4n) is 1.56. The molecule has 2 aromatic carbocycles. The highest BCUT2D eigenvalue weighted by Gasteiger charge is 2.31. The molecule has 1 nitrogen and oxygen atoms in total. The molecular weight excluding hydrogens is 309 g/mol. The molecule has 0 bridgehead atoms. The average Bonchev–Trinajstić information content (AvgIpc) is 2.27. The van der Waals surface area contributed by atoms with Gasteiger partial charge in [0.15, 0.2) is 0 Å². The molecule has 0 aliphatic rings. The van der Waals surface area contributed by atoms with Gasteiger partial charge < -0.3 is 4.74 Å². The van der Waals surface area contributed by atoms with Crippen LogP contribution in [0.25, 0.3) is 11.1 Å². The normalized spacial score (nSPS) is 11.3. The lowest BCUT2D eigenvalue weighted by Crippen LogP contribution is -2.17. The van der Waals surface area contributed by atoms with Gasteiger partial charge in [0.2, 0.25) is 0 Å². The van der Waals surface area contributed by atoms with Crippen LogP contribution in [0, 0.1) is 0 Å². The van der Waals surface area contributed by atoms with Crippen LogP contribution in [-0.4, -0.2) is 6.36 Å². The molecule has 0 saturated carbocycles. The molecule has 0 aliphatic carbocycles. The summed E-state index contributed by atoms with van der Waals surface area (Å²) in [5, 5.41) is 0. The highest BCUT2D eigenvalue weighted by atomic mass is 79.9. The third kappa shape index (κ3) is 3.26. The smallest absolute Gasteiger partial charge is 0.406 e. The van der Waals surface area contributed by atoms with Crippen molar-refractivity contribution in [2.24, 2.45) is 0 Å². The maximum absolute atomic E-state index is 12.1. The molecule has 5 heteroatoms. The minimum Gasteiger partial charge on any atom is -0.406 e. The van der Waals surface area contributed by atoms with E-state index < -0.39 is 6.36 Å². The van der Waals surface area contributed by atoms with E-state index in [2.05, 4.69) is 20.7 Å². The van der Waals surface area contributed by atoms with Gasteiger partial charge in [0.25, 0.3) is 0 Å². The Hall–Kier alpha value is -1.49. The van der Waals surface area contributed by atoms with Crippen LogP contribution in [0.1, 0.15) is 0 Å². The van der Waals surface area contributed by atoms with Gasteiger partial charge in [0.05, 0.1) is 0 Å². The molecule has 0 spiro atoms. The summed E-state index contributed by atoms with van der Waals surface area (Å²) in [6.07, 6.45) is -4.67. The number of benzene rings is 2. The van der Waals surface area contributed by atoms with Gasteiger partial charge in [-0.05, 0) is 29.3 Å². The van der Waals surface area contributed by atoms with Gasteiger partial charge in [0.1, 0.15) is 5.75 Å². The number of alkyl halides is 3. The molecule has 2 aromatic rings. The van der Waals surface area contributed by atoms with Gasteiger partial charge in [0, 0.05) is 4.47 Å². The summed E-state index contributed by atoms with van der Waals surface area (Å²) in [6, 6.07) is 13.2. The van der Waals surface area contributed by atoms with E-state index >= 15 is 0 Å². The van der Waals surface area contributed by atoms with Gasteiger partial charge in [-0.25, -0.2) is 0 Å². The van der Waals surface area contributed by atoms with E-state index in [1.807, 2.05) is 24.3 Å². The van der Waals surface area contributed by atoms with Crippen molar-refractivity contribution in [1.82, 2.24) is 0 Å². The molecule has 0 saturated heterocycles. The Morgan fingerprint density at radius 2 is 1.67 bits per heavy atom. The molecule has 0 aromatic heterocycles. The largest absolute Gasteiger partial charge is 0.573 e. The van der Waals surface area contributed by atoms with Gasteiger partial charge in [-0.2, -0.15) is 0 Å². The molecule has 18 heavy (non-hydrogen) atoms. The molecule has 0 radical (unpaired) electrons. The first-order valence-electron chi connectivity index (χ1n) is 5.06. The number of rotatable bonds is 2. The third-order valence-corrected chi connectivity index (χ3v) is 2.94. The second-order valence-electron chi connectivity index (χ2n) is 3.56. The zero-order chi connectivity index (χ0) is 13.2. The maximum atomic E-state index is 12.1. The fourth-order valence-corrected chi connectivity index (χ4v) is 2.07. The van der Waals surface area contributed by atoms with Crippen LogP contribution in [0.4, 0.5) is 13.2 Å². The molecule has 0 heterocycles. The highest BCUT2D eigenvalue weighted by molar-refractivity contribution is 9.10. The van der Waals surface area contributed by atoms with Gasteiger partial charge in [-0.3, -0.25) is 0 Å². The van der Waals surface area contributed by atoms with Crippen molar-refractivity contribution in [1.29, 1.82) is 0 Å². The first-order valence-corrected chi connectivity index (χ1v) is 5.86. The molecule has 2 rings (SSSR count). The van der Waals surface area contributed by atoms with Crippen LogP contribution in [0.5, 0.6) is 5.75 Å². The van der Waals surface area contributed by atoms with E-state index in [1.165, 1.54) is 18.2 Å². The predicted octanol–water partition coefficient (Wildman–Crippen LogP) is 5.01. The quantitative estimate of drug-likeness (QED) is 0.756. The van der Waals surface area contributed by atoms with Crippen molar-refractivity contribution < 1.29 is 17.9 Å². The molecule has 94 valence electrons. The Morgan fingerprint density at radius 1 is 0.944 bits per heavy atom. The SMILES string of the molecule is FC(F)(F)Oc1cccc(-c2ccccc2Br)c1. The summed E-state index contributed by atoms with van der Waals surface area (Å²) in [4.78, 5) is 0. The number of hydrogen-bond acceptors (Lipinski definition) is 1. The second kappa shape index (κ2) is 5.02. The van der Waals surface area contributed by atoms with E-state index in [0.29, 0.717) is 5.56 Å². The Bertz CT molecular complexity index is 552. The number of ether oxygens (including phenoxy) is 1. The van der Waals surface area contributed by atoms with Crippen LogP contribution in [0.2, 0.25) is 0 Å². The van der Waals surface area contributed by atoms with Crippen LogP contribution in [0.15, 0.2) is 53.0 Å². The highest BCUT2D eigenvalue weighted by Crippen LogP contribution is 2.31. The summed E-state index contributed by atoms with van der Waals surface area (Å²) in [6.45, 7) is 0. The van der Waals surface area contributed by atoms with Crippen LogP contribution in [-0.2, 0) is 0 Å². The first-order chi connectivity index (χ1) is 8.46. The molecular formula is C13H8BrF3O. The number of halogens is 4. The van der Waals surface area contributed by atoms with Crippen molar-refractivity contribution in [3.63, 3.8) is 0 Å². The van der Waals surface area contributed by atoms with Crippen molar-refractivity contribution in [3.05, 3.63) is 53.0 Å². The molecule has 0 N–H and O–H groups in total. The Balaban J connectivity index is 2.36. The van der Waals surface area contributed by atoms with Crippen molar-refractivity contribution in [2.45, 2.75) is 6.36 Å². The van der Waals surface area contributed by atoms with E-state index in [1.54, 1.807) is 6.07 Å². The lowest BCUT2D eigenvalue weighted by molar-refractivity contribution is -0.274. The first kappa shape index (κ1) is 13.0. The summed E-state index contributed by atoms with van der Waals surface area (Å²) in [5.41, 5.74) is 1.47. The van der Waals surface area contributed by atoms with Gasteiger partial charge >= 0.3 is 6.36 Å². The Kier molecular flexibility index (Phi) is 3.61. The van der Waals surface area contributed by atoms with Crippen LogP contribution < -0.4 is 4.74 Å². The van der Waals surface area contributed by atoms with Crippen molar-refractivity contribution in [3.8, 4) is 16.9 Å². The lowest BCUT2D eigenvalue weighted by atomic mass is 10.1. The van der Waals surface area contributed by atoms with E-state index in [9.17, 15) is 13.2 Å². The van der Waals surface area contributed by atoms with Crippen LogP contribution >= 0.6 is 15.9 Å². The standard InChI is InChI=1S/C13H8BrF3O/c14-12-7-2-1-6-11(12)9-4-3-5-10(8-9)18-13(15,16)17/h1-8H. The van der Waals surface area contributed by atoms with Crippen molar-refractivity contribution >= 4 is 15.9 Å². The van der Waals surface area contributed by atoms with Gasteiger partial charge in [-0.15, -0.1) is 13.2 Å². The zero-order valence-electron chi connectivity index (χ0n) is 9.04. The maximum Gasteiger partial charge on any atom is 0.573 e. The van der Waals surface area contributed by atoms with Crippen LogP contribution in [0.3, 0.4) is 0 Å². The molecule has 0 unspecified atom stereocenters. The van der Waals surface area contributed by atoms with E-state index in [-0.39, 0.29) is 5.75 Å². The summed E-state index contributed by atoms with van der Waals surface area (Å²) >= 11 is 3.36. The number of hydrogen-bond donors (Lipinski definition) is 0. The Labute approximate surface area is 110 Å². The molecule has 0 aliphatic heterocycles. The molecule has 0 atom stereocenters. The minimum atomic E-state index is -4.67. The van der Waals surface area contributed by atoms with Crippen molar-refractivity contribution in [2.75, 3.05) is 0 Å².